The molecule has 0 radical (unpaired) electrons. The minimum atomic E-state index is -0.764. The zero-order valence-corrected chi connectivity index (χ0v) is 14.2. The average molecular weight is 328 g/mol. The highest BCUT2D eigenvalue weighted by molar-refractivity contribution is 5.70. The molecule has 4 nitrogen and oxygen atoms in total. The monoisotopic (exact) mass is 328 g/mol. The highest BCUT2D eigenvalue weighted by Crippen LogP contribution is 2.29. The Bertz CT molecular complexity index is 652. The van der Waals surface area contributed by atoms with Gasteiger partial charge < -0.3 is 14.6 Å². The van der Waals surface area contributed by atoms with Crippen molar-refractivity contribution in [2.24, 2.45) is 5.92 Å². The van der Waals surface area contributed by atoms with Gasteiger partial charge in [-0.3, -0.25) is 4.79 Å². The molecule has 0 aliphatic rings. The lowest BCUT2D eigenvalue weighted by atomic mass is 9.97. The average Bonchev–Trinajstić information content (AvgIpc) is 2.60. The van der Waals surface area contributed by atoms with E-state index in [2.05, 4.69) is 12.1 Å². The summed E-state index contributed by atoms with van der Waals surface area (Å²) in [6.07, 6.45) is 1.90. The molecule has 1 unspecified atom stereocenters. The standard InChI is InChI=1S/C20H24O4/c1-3-17(20(21)22)13-16-9-10-18(23-2)19(14-16)24-12-11-15-7-5-4-6-8-15/h4-10,14,17H,3,11-13H2,1-2H3,(H,21,22). The van der Waals surface area contributed by atoms with E-state index in [0.717, 1.165) is 12.0 Å². The SMILES string of the molecule is CCC(Cc1ccc(OC)c(OCCc2ccccc2)c1)C(=O)O. The second kappa shape index (κ2) is 8.96. The van der Waals surface area contributed by atoms with Crippen LogP contribution in [-0.4, -0.2) is 24.8 Å². The summed E-state index contributed by atoms with van der Waals surface area (Å²) in [7, 11) is 1.60. The Hall–Kier alpha value is -2.49. The van der Waals surface area contributed by atoms with Crippen molar-refractivity contribution in [3.8, 4) is 11.5 Å². The van der Waals surface area contributed by atoms with Crippen molar-refractivity contribution in [2.75, 3.05) is 13.7 Å². The van der Waals surface area contributed by atoms with E-state index >= 15 is 0 Å². The summed E-state index contributed by atoms with van der Waals surface area (Å²) in [5, 5.41) is 9.22. The number of benzene rings is 2. The van der Waals surface area contributed by atoms with Crippen molar-refractivity contribution >= 4 is 5.97 Å². The van der Waals surface area contributed by atoms with Crippen molar-refractivity contribution in [1.82, 2.24) is 0 Å². The molecule has 1 N–H and O–H groups in total. The van der Waals surface area contributed by atoms with Gasteiger partial charge in [-0.2, -0.15) is 0 Å². The number of carboxylic acids is 1. The fourth-order valence-electron chi connectivity index (χ4n) is 2.58. The highest BCUT2D eigenvalue weighted by atomic mass is 16.5. The number of carbonyl (C=O) groups is 1. The second-order valence-corrected chi connectivity index (χ2v) is 5.72. The summed E-state index contributed by atoms with van der Waals surface area (Å²) in [6.45, 7) is 2.43. The van der Waals surface area contributed by atoms with Gasteiger partial charge in [0.25, 0.3) is 0 Å². The second-order valence-electron chi connectivity index (χ2n) is 5.72. The summed E-state index contributed by atoms with van der Waals surface area (Å²) in [5.41, 5.74) is 2.16. The van der Waals surface area contributed by atoms with E-state index in [4.69, 9.17) is 9.47 Å². The molecule has 0 fully saturated rings. The molecule has 0 bridgehead atoms. The van der Waals surface area contributed by atoms with E-state index in [9.17, 15) is 9.90 Å². The Morgan fingerprint density at radius 1 is 1.08 bits per heavy atom. The molecule has 0 saturated carbocycles. The topological polar surface area (TPSA) is 55.8 Å². The fourth-order valence-corrected chi connectivity index (χ4v) is 2.58. The van der Waals surface area contributed by atoms with Crippen LogP contribution in [0.5, 0.6) is 11.5 Å². The van der Waals surface area contributed by atoms with Crippen LogP contribution in [0.4, 0.5) is 0 Å². The lowest BCUT2D eigenvalue weighted by Crippen LogP contribution is -2.15. The first-order valence-corrected chi connectivity index (χ1v) is 8.20. The summed E-state index contributed by atoms with van der Waals surface area (Å²) in [4.78, 5) is 11.2. The Morgan fingerprint density at radius 3 is 2.46 bits per heavy atom. The van der Waals surface area contributed by atoms with Gasteiger partial charge in [-0.1, -0.05) is 43.3 Å². The highest BCUT2D eigenvalue weighted by Gasteiger charge is 2.16. The number of ether oxygens (including phenoxy) is 2. The predicted molar refractivity (Wildman–Crippen MR) is 93.8 cm³/mol. The lowest BCUT2D eigenvalue weighted by Gasteiger charge is -2.14. The molecule has 4 heteroatoms. The molecule has 2 aromatic carbocycles. The maximum absolute atomic E-state index is 11.2. The fraction of sp³-hybridized carbons (Fsp3) is 0.350. The minimum absolute atomic E-state index is 0.379. The van der Waals surface area contributed by atoms with Crippen LogP contribution in [0.25, 0.3) is 0 Å². The van der Waals surface area contributed by atoms with Crippen molar-refractivity contribution in [3.05, 3.63) is 59.7 Å². The molecule has 1 atom stereocenters. The van der Waals surface area contributed by atoms with Gasteiger partial charge in [-0.25, -0.2) is 0 Å². The van der Waals surface area contributed by atoms with Gasteiger partial charge in [0.05, 0.1) is 19.6 Å². The number of rotatable bonds is 9. The molecule has 0 heterocycles. The van der Waals surface area contributed by atoms with Crippen molar-refractivity contribution in [3.63, 3.8) is 0 Å². The quantitative estimate of drug-likeness (QED) is 0.757. The summed E-state index contributed by atoms with van der Waals surface area (Å²) in [6, 6.07) is 15.8. The Labute approximate surface area is 143 Å². The largest absolute Gasteiger partial charge is 0.493 e. The molecule has 0 saturated heterocycles. The van der Waals surface area contributed by atoms with Crippen LogP contribution >= 0.6 is 0 Å². The zero-order chi connectivity index (χ0) is 17.4. The van der Waals surface area contributed by atoms with Crippen LogP contribution < -0.4 is 9.47 Å². The van der Waals surface area contributed by atoms with Crippen LogP contribution in [0.15, 0.2) is 48.5 Å². The van der Waals surface area contributed by atoms with E-state index in [1.807, 2.05) is 43.3 Å². The number of carboxylic acid groups (broad SMARTS) is 1. The third kappa shape index (κ3) is 5.01. The molecule has 0 spiro atoms. The van der Waals surface area contributed by atoms with Crippen molar-refractivity contribution in [2.45, 2.75) is 26.2 Å². The smallest absolute Gasteiger partial charge is 0.306 e. The molecule has 2 rings (SSSR count). The van der Waals surface area contributed by atoms with Gasteiger partial charge in [0.2, 0.25) is 0 Å². The van der Waals surface area contributed by atoms with Gasteiger partial charge in [0, 0.05) is 6.42 Å². The maximum Gasteiger partial charge on any atom is 0.306 e. The van der Waals surface area contributed by atoms with Crippen LogP contribution in [0, 0.1) is 5.92 Å². The molecule has 2 aromatic rings. The van der Waals surface area contributed by atoms with E-state index in [0.29, 0.717) is 30.9 Å². The van der Waals surface area contributed by atoms with E-state index in [-0.39, 0.29) is 5.92 Å². The number of aliphatic carboxylic acids is 1. The van der Waals surface area contributed by atoms with E-state index in [1.54, 1.807) is 7.11 Å². The summed E-state index contributed by atoms with van der Waals surface area (Å²) in [5.74, 6) is 0.178. The molecule has 0 amide bonds. The Morgan fingerprint density at radius 2 is 1.83 bits per heavy atom. The minimum Gasteiger partial charge on any atom is -0.493 e. The summed E-state index contributed by atoms with van der Waals surface area (Å²) < 4.78 is 11.2. The summed E-state index contributed by atoms with van der Waals surface area (Å²) >= 11 is 0. The van der Waals surface area contributed by atoms with Crippen LogP contribution in [-0.2, 0) is 17.6 Å². The van der Waals surface area contributed by atoms with Gasteiger partial charge in [0.15, 0.2) is 11.5 Å². The predicted octanol–water partition coefficient (Wildman–Crippen LogP) is 3.97. The first-order chi connectivity index (χ1) is 11.6. The number of methoxy groups -OCH3 is 1. The maximum atomic E-state index is 11.2. The third-order valence-electron chi connectivity index (χ3n) is 4.04. The van der Waals surface area contributed by atoms with Crippen molar-refractivity contribution < 1.29 is 19.4 Å². The molecule has 128 valence electrons. The molecular formula is C20H24O4. The molecule has 0 aliphatic heterocycles. The normalized spacial score (nSPS) is 11.8. The van der Waals surface area contributed by atoms with Crippen LogP contribution in [0.2, 0.25) is 0 Å². The zero-order valence-electron chi connectivity index (χ0n) is 14.2. The lowest BCUT2D eigenvalue weighted by molar-refractivity contribution is -0.141. The van der Waals surface area contributed by atoms with Gasteiger partial charge in [-0.15, -0.1) is 0 Å². The van der Waals surface area contributed by atoms with Gasteiger partial charge in [-0.05, 0) is 36.1 Å². The van der Waals surface area contributed by atoms with E-state index < -0.39 is 5.97 Å². The van der Waals surface area contributed by atoms with Crippen LogP contribution in [0.3, 0.4) is 0 Å². The van der Waals surface area contributed by atoms with Gasteiger partial charge in [0.1, 0.15) is 0 Å². The Balaban J connectivity index is 2.04. The van der Waals surface area contributed by atoms with Gasteiger partial charge >= 0.3 is 5.97 Å². The molecule has 0 aliphatic carbocycles. The number of hydrogen-bond donors (Lipinski definition) is 1. The third-order valence-corrected chi connectivity index (χ3v) is 4.04. The molecular weight excluding hydrogens is 304 g/mol. The number of hydrogen-bond acceptors (Lipinski definition) is 3. The van der Waals surface area contributed by atoms with Crippen LogP contribution in [0.1, 0.15) is 24.5 Å². The molecule has 0 aromatic heterocycles. The molecule has 24 heavy (non-hydrogen) atoms. The van der Waals surface area contributed by atoms with E-state index in [1.165, 1.54) is 5.56 Å². The first kappa shape index (κ1) is 17.9. The Kier molecular flexibility index (Phi) is 6.67. The first-order valence-electron chi connectivity index (χ1n) is 8.20. The van der Waals surface area contributed by atoms with Crippen molar-refractivity contribution in [1.29, 1.82) is 0 Å².